The monoisotopic (exact) mass is 221 g/mol. The van der Waals surface area contributed by atoms with Crippen LogP contribution in [0.1, 0.15) is 5.56 Å². The van der Waals surface area contributed by atoms with Gasteiger partial charge >= 0.3 is 0 Å². The van der Waals surface area contributed by atoms with Gasteiger partial charge in [-0.3, -0.25) is 0 Å². The van der Waals surface area contributed by atoms with Crippen LogP contribution in [-0.2, 0) is 6.42 Å². The summed E-state index contributed by atoms with van der Waals surface area (Å²) in [6.07, 6.45) is 0.977. The zero-order valence-electron chi connectivity index (χ0n) is 9.31. The molecule has 0 radical (unpaired) electrons. The minimum atomic E-state index is 0.761. The molecule has 1 aromatic heterocycles. The topological polar surface area (TPSA) is 22.1 Å². The second-order valence-electron chi connectivity index (χ2n) is 4.41. The third-order valence-corrected chi connectivity index (χ3v) is 3.36. The summed E-state index contributed by atoms with van der Waals surface area (Å²) in [4.78, 5) is 4.66. The molecule has 2 aromatic carbocycles. The van der Waals surface area contributed by atoms with Crippen LogP contribution in [-0.4, -0.2) is 11.6 Å². The second kappa shape index (κ2) is 3.20. The molecule has 0 spiro atoms. The number of hydrogen-bond acceptors (Lipinski definition) is 2. The minimum absolute atomic E-state index is 0.761. The molecule has 0 saturated carbocycles. The third-order valence-electron chi connectivity index (χ3n) is 3.36. The van der Waals surface area contributed by atoms with Crippen LogP contribution in [0.15, 0.2) is 42.5 Å². The van der Waals surface area contributed by atoms with Gasteiger partial charge in [-0.05, 0) is 11.5 Å². The average molecular weight is 221 g/mol. The predicted octanol–water partition coefficient (Wildman–Crippen LogP) is 3.32. The maximum absolute atomic E-state index is 5.54. The van der Waals surface area contributed by atoms with Crippen LogP contribution < -0.4 is 4.74 Å². The molecule has 4 rings (SSSR count). The average Bonchev–Trinajstić information content (AvgIpc) is 2.83. The maximum atomic E-state index is 5.54. The first-order valence-corrected chi connectivity index (χ1v) is 5.86. The van der Waals surface area contributed by atoms with Gasteiger partial charge in [0.1, 0.15) is 0 Å². The summed E-state index contributed by atoms with van der Waals surface area (Å²) in [6, 6.07) is 14.8. The SMILES string of the molecule is c1ccc2c(c1)ccc1cc3c(nc12)OCC3. The minimum Gasteiger partial charge on any atom is -0.477 e. The molecule has 0 N–H and O–H groups in total. The lowest BCUT2D eigenvalue weighted by atomic mass is 10.0. The zero-order valence-corrected chi connectivity index (χ0v) is 9.31. The first kappa shape index (κ1) is 8.99. The van der Waals surface area contributed by atoms with Crippen molar-refractivity contribution < 1.29 is 4.74 Å². The molecule has 0 atom stereocenters. The van der Waals surface area contributed by atoms with Crippen LogP contribution in [0.5, 0.6) is 5.88 Å². The van der Waals surface area contributed by atoms with Crippen molar-refractivity contribution in [2.45, 2.75) is 6.42 Å². The van der Waals surface area contributed by atoms with Crippen molar-refractivity contribution in [2.24, 2.45) is 0 Å². The Kier molecular flexibility index (Phi) is 1.69. The summed E-state index contributed by atoms with van der Waals surface area (Å²) in [5.41, 5.74) is 2.27. The van der Waals surface area contributed by atoms with Crippen LogP contribution in [0.3, 0.4) is 0 Å². The quantitative estimate of drug-likeness (QED) is 0.543. The van der Waals surface area contributed by atoms with Crippen molar-refractivity contribution in [1.82, 2.24) is 4.98 Å². The fourth-order valence-electron chi connectivity index (χ4n) is 2.50. The van der Waals surface area contributed by atoms with E-state index in [1.165, 1.54) is 21.7 Å². The van der Waals surface area contributed by atoms with E-state index in [-0.39, 0.29) is 0 Å². The van der Waals surface area contributed by atoms with Crippen LogP contribution in [0.25, 0.3) is 21.7 Å². The van der Waals surface area contributed by atoms with Crippen molar-refractivity contribution in [3.05, 3.63) is 48.0 Å². The molecule has 1 aliphatic rings. The summed E-state index contributed by atoms with van der Waals surface area (Å²) < 4.78 is 5.54. The molecule has 0 bridgehead atoms. The summed E-state index contributed by atoms with van der Waals surface area (Å²) in [5, 5.41) is 3.63. The number of pyridine rings is 1. The predicted molar refractivity (Wildman–Crippen MR) is 68.4 cm³/mol. The standard InChI is InChI=1S/C15H11NO/c1-2-4-13-10(3-1)5-6-11-9-12-7-8-17-15(12)16-14(11)13/h1-6,9H,7-8H2. The Morgan fingerprint density at radius 3 is 2.88 bits per heavy atom. The second-order valence-corrected chi connectivity index (χ2v) is 4.41. The number of hydrogen-bond donors (Lipinski definition) is 0. The van der Waals surface area contributed by atoms with E-state index in [9.17, 15) is 0 Å². The highest BCUT2D eigenvalue weighted by Gasteiger charge is 2.15. The Morgan fingerprint density at radius 2 is 1.88 bits per heavy atom. The number of fused-ring (bicyclic) bond motifs is 4. The molecule has 2 heteroatoms. The van der Waals surface area contributed by atoms with Crippen molar-refractivity contribution in [1.29, 1.82) is 0 Å². The number of aromatic nitrogens is 1. The highest BCUT2D eigenvalue weighted by molar-refractivity contribution is 6.05. The normalized spacial score (nSPS) is 13.9. The van der Waals surface area contributed by atoms with E-state index >= 15 is 0 Å². The number of benzene rings is 2. The summed E-state index contributed by atoms with van der Waals surface area (Å²) in [7, 11) is 0. The summed E-state index contributed by atoms with van der Waals surface area (Å²) in [5.74, 6) is 0.814. The molecule has 0 amide bonds. The molecule has 0 fully saturated rings. The van der Waals surface area contributed by atoms with E-state index in [1.54, 1.807) is 0 Å². The van der Waals surface area contributed by atoms with E-state index in [0.29, 0.717) is 0 Å². The number of nitrogens with zero attached hydrogens (tertiary/aromatic N) is 1. The van der Waals surface area contributed by atoms with Gasteiger partial charge in [0.05, 0.1) is 12.1 Å². The third kappa shape index (κ3) is 1.24. The van der Waals surface area contributed by atoms with Crippen molar-refractivity contribution in [2.75, 3.05) is 6.61 Å². The van der Waals surface area contributed by atoms with Gasteiger partial charge in [0.15, 0.2) is 0 Å². The lowest BCUT2D eigenvalue weighted by Crippen LogP contribution is -1.89. The van der Waals surface area contributed by atoms with Gasteiger partial charge < -0.3 is 4.74 Å². The van der Waals surface area contributed by atoms with Gasteiger partial charge in [-0.1, -0.05) is 36.4 Å². The molecule has 2 heterocycles. The molecule has 0 saturated heterocycles. The Morgan fingerprint density at radius 1 is 1.00 bits per heavy atom. The molecule has 82 valence electrons. The lowest BCUT2D eigenvalue weighted by Gasteiger charge is -2.05. The first-order valence-electron chi connectivity index (χ1n) is 5.86. The van der Waals surface area contributed by atoms with Gasteiger partial charge in [-0.25, -0.2) is 4.98 Å². The van der Waals surface area contributed by atoms with Gasteiger partial charge in [-0.2, -0.15) is 0 Å². The summed E-state index contributed by atoms with van der Waals surface area (Å²) >= 11 is 0. The van der Waals surface area contributed by atoms with E-state index in [1.807, 2.05) is 0 Å². The Bertz CT molecular complexity index is 733. The van der Waals surface area contributed by atoms with Crippen LogP contribution in [0.2, 0.25) is 0 Å². The van der Waals surface area contributed by atoms with Gasteiger partial charge in [-0.15, -0.1) is 0 Å². The highest BCUT2D eigenvalue weighted by atomic mass is 16.5. The van der Waals surface area contributed by atoms with Gasteiger partial charge in [0, 0.05) is 22.8 Å². The molecule has 2 nitrogen and oxygen atoms in total. The van der Waals surface area contributed by atoms with Gasteiger partial charge in [0.2, 0.25) is 5.88 Å². The summed E-state index contributed by atoms with van der Waals surface area (Å²) in [6.45, 7) is 0.761. The Labute approximate surface area is 98.9 Å². The van der Waals surface area contributed by atoms with Crippen molar-refractivity contribution in [3.8, 4) is 5.88 Å². The van der Waals surface area contributed by atoms with Crippen molar-refractivity contribution >= 4 is 21.7 Å². The van der Waals surface area contributed by atoms with E-state index < -0.39 is 0 Å². The van der Waals surface area contributed by atoms with Crippen LogP contribution in [0.4, 0.5) is 0 Å². The first-order chi connectivity index (χ1) is 8.42. The van der Waals surface area contributed by atoms with Gasteiger partial charge in [0.25, 0.3) is 0 Å². The highest BCUT2D eigenvalue weighted by Crippen LogP contribution is 2.30. The molecule has 3 aromatic rings. The fourth-order valence-corrected chi connectivity index (χ4v) is 2.50. The number of rotatable bonds is 0. The Hall–Kier alpha value is -2.09. The largest absolute Gasteiger partial charge is 0.477 e. The molecule has 0 unspecified atom stereocenters. The maximum Gasteiger partial charge on any atom is 0.217 e. The molecular formula is C15H11NO. The van der Waals surface area contributed by atoms with Crippen LogP contribution >= 0.6 is 0 Å². The lowest BCUT2D eigenvalue weighted by molar-refractivity contribution is 0.346. The van der Waals surface area contributed by atoms with Crippen LogP contribution in [0, 0.1) is 0 Å². The molecular weight excluding hydrogens is 210 g/mol. The molecule has 0 aliphatic carbocycles. The van der Waals surface area contributed by atoms with E-state index in [2.05, 4.69) is 47.4 Å². The zero-order chi connectivity index (χ0) is 11.2. The number of ether oxygens (including phenoxy) is 1. The molecule has 1 aliphatic heterocycles. The Balaban J connectivity index is 2.19. The van der Waals surface area contributed by atoms with E-state index in [0.717, 1.165) is 24.4 Å². The smallest absolute Gasteiger partial charge is 0.217 e. The molecule has 17 heavy (non-hydrogen) atoms. The van der Waals surface area contributed by atoms with Crippen molar-refractivity contribution in [3.63, 3.8) is 0 Å². The fraction of sp³-hybridized carbons (Fsp3) is 0.133. The van der Waals surface area contributed by atoms with E-state index in [4.69, 9.17) is 4.74 Å².